The minimum atomic E-state index is 0.609. The second-order valence-corrected chi connectivity index (χ2v) is 5.44. The summed E-state index contributed by atoms with van der Waals surface area (Å²) in [6.45, 7) is 0. The molecule has 0 radical (unpaired) electrons. The smallest absolute Gasteiger partial charge is 0.221 e. The molecule has 0 fully saturated rings. The zero-order chi connectivity index (χ0) is 14.1. The standard InChI is InChI=1S/C15H10N4OS/c1-2-5-11(6-3-1)9-12-10-16-19-14(13-7-4-8-20-13)17-18-15(19)21-12/h1-10H. The van der Waals surface area contributed by atoms with Crippen molar-refractivity contribution in [3.8, 4) is 11.6 Å². The van der Waals surface area contributed by atoms with Gasteiger partial charge in [0.2, 0.25) is 11.0 Å². The number of thioether (sulfide) groups is 1. The second kappa shape index (κ2) is 5.06. The zero-order valence-corrected chi connectivity index (χ0v) is 11.7. The van der Waals surface area contributed by atoms with Crippen LogP contribution in [0.3, 0.4) is 0 Å². The van der Waals surface area contributed by atoms with E-state index in [1.807, 2.05) is 30.3 Å². The molecular weight excluding hydrogens is 284 g/mol. The topological polar surface area (TPSA) is 56.2 Å². The van der Waals surface area contributed by atoms with Gasteiger partial charge < -0.3 is 4.42 Å². The van der Waals surface area contributed by atoms with Gasteiger partial charge in [-0.25, -0.2) is 0 Å². The van der Waals surface area contributed by atoms with Gasteiger partial charge in [0.15, 0.2) is 5.76 Å². The number of hydrogen-bond acceptors (Lipinski definition) is 5. The molecule has 0 bridgehead atoms. The summed E-state index contributed by atoms with van der Waals surface area (Å²) in [6.07, 6.45) is 5.48. The first-order chi connectivity index (χ1) is 10.4. The third kappa shape index (κ3) is 2.30. The van der Waals surface area contributed by atoms with Gasteiger partial charge in [0.1, 0.15) is 0 Å². The highest BCUT2D eigenvalue weighted by Crippen LogP contribution is 2.32. The van der Waals surface area contributed by atoms with Crippen LogP contribution in [0.5, 0.6) is 0 Å². The molecule has 21 heavy (non-hydrogen) atoms. The van der Waals surface area contributed by atoms with Crippen molar-refractivity contribution < 1.29 is 4.42 Å². The van der Waals surface area contributed by atoms with Gasteiger partial charge in [-0.15, -0.1) is 10.2 Å². The van der Waals surface area contributed by atoms with Crippen molar-refractivity contribution in [1.82, 2.24) is 14.9 Å². The van der Waals surface area contributed by atoms with Crippen molar-refractivity contribution in [2.75, 3.05) is 0 Å². The number of benzene rings is 1. The Balaban J connectivity index is 1.68. The Morgan fingerprint density at radius 1 is 1.05 bits per heavy atom. The van der Waals surface area contributed by atoms with Crippen molar-refractivity contribution in [1.29, 1.82) is 0 Å². The first-order valence-corrected chi connectivity index (χ1v) is 7.20. The number of hydrogen-bond donors (Lipinski definition) is 0. The third-order valence-corrected chi connectivity index (χ3v) is 3.87. The van der Waals surface area contributed by atoms with Crippen LogP contribution >= 0.6 is 11.8 Å². The third-order valence-electron chi connectivity index (χ3n) is 2.97. The minimum absolute atomic E-state index is 0.609. The van der Waals surface area contributed by atoms with Crippen molar-refractivity contribution in [3.63, 3.8) is 0 Å². The first kappa shape index (κ1) is 12.2. The largest absolute Gasteiger partial charge is 0.461 e. The summed E-state index contributed by atoms with van der Waals surface area (Å²) in [5, 5.41) is 13.4. The maximum Gasteiger partial charge on any atom is 0.221 e. The number of aromatic nitrogens is 3. The van der Waals surface area contributed by atoms with Gasteiger partial charge in [-0.05, 0) is 35.5 Å². The molecule has 3 aromatic rings. The molecule has 0 saturated heterocycles. The van der Waals surface area contributed by atoms with Gasteiger partial charge in [-0.3, -0.25) is 0 Å². The molecule has 102 valence electrons. The lowest BCUT2D eigenvalue weighted by Crippen LogP contribution is -2.01. The Bertz CT molecular complexity index is 819. The highest BCUT2D eigenvalue weighted by molar-refractivity contribution is 8.04. The summed E-state index contributed by atoms with van der Waals surface area (Å²) in [4.78, 5) is 1.02. The molecule has 4 rings (SSSR count). The van der Waals surface area contributed by atoms with Crippen LogP contribution in [0.25, 0.3) is 17.7 Å². The molecule has 0 atom stereocenters. The average molecular weight is 294 g/mol. The summed E-state index contributed by atoms with van der Waals surface area (Å²) in [7, 11) is 0. The molecular formula is C15H10N4OS. The van der Waals surface area contributed by atoms with Gasteiger partial charge in [-0.2, -0.15) is 9.78 Å². The molecule has 1 aromatic carbocycles. The van der Waals surface area contributed by atoms with Crippen molar-refractivity contribution in [2.24, 2.45) is 5.10 Å². The molecule has 0 amide bonds. The van der Waals surface area contributed by atoms with E-state index in [0.717, 1.165) is 15.6 Å². The highest BCUT2D eigenvalue weighted by atomic mass is 32.2. The van der Waals surface area contributed by atoms with Crippen LogP contribution in [0.15, 0.2) is 68.3 Å². The van der Waals surface area contributed by atoms with Gasteiger partial charge in [0, 0.05) is 4.91 Å². The monoisotopic (exact) mass is 294 g/mol. The fraction of sp³-hybridized carbons (Fsp3) is 0. The van der Waals surface area contributed by atoms with Crippen LogP contribution in [-0.4, -0.2) is 21.1 Å². The van der Waals surface area contributed by atoms with E-state index in [4.69, 9.17) is 4.42 Å². The summed E-state index contributed by atoms with van der Waals surface area (Å²) in [6, 6.07) is 13.8. The fourth-order valence-corrected chi connectivity index (χ4v) is 2.83. The van der Waals surface area contributed by atoms with Crippen LogP contribution in [0.2, 0.25) is 0 Å². The van der Waals surface area contributed by atoms with Crippen molar-refractivity contribution in [2.45, 2.75) is 5.16 Å². The maximum absolute atomic E-state index is 5.35. The van der Waals surface area contributed by atoms with E-state index in [2.05, 4.69) is 33.5 Å². The number of fused-ring (bicyclic) bond motifs is 1. The molecule has 0 spiro atoms. The van der Waals surface area contributed by atoms with Gasteiger partial charge in [-0.1, -0.05) is 30.3 Å². The van der Waals surface area contributed by atoms with Crippen LogP contribution in [-0.2, 0) is 0 Å². The van der Waals surface area contributed by atoms with Crippen LogP contribution < -0.4 is 0 Å². The summed E-state index contributed by atoms with van der Waals surface area (Å²) in [5.41, 5.74) is 1.13. The molecule has 0 saturated carbocycles. The Kier molecular flexibility index (Phi) is 2.93. The Morgan fingerprint density at radius 2 is 1.95 bits per heavy atom. The molecule has 1 aliphatic rings. The predicted octanol–water partition coefficient (Wildman–Crippen LogP) is 3.52. The molecule has 2 aromatic heterocycles. The van der Waals surface area contributed by atoms with Crippen LogP contribution in [0.4, 0.5) is 0 Å². The van der Waals surface area contributed by atoms with E-state index in [1.54, 1.807) is 17.2 Å². The zero-order valence-electron chi connectivity index (χ0n) is 10.9. The molecule has 5 nitrogen and oxygen atoms in total. The van der Waals surface area contributed by atoms with Crippen molar-refractivity contribution >= 4 is 24.1 Å². The van der Waals surface area contributed by atoms with E-state index in [0.29, 0.717) is 11.6 Å². The molecule has 0 N–H and O–H groups in total. The van der Waals surface area contributed by atoms with E-state index in [9.17, 15) is 0 Å². The highest BCUT2D eigenvalue weighted by Gasteiger charge is 2.19. The summed E-state index contributed by atoms with van der Waals surface area (Å²) in [5.74, 6) is 1.26. The number of nitrogens with zero attached hydrogens (tertiary/aromatic N) is 4. The molecule has 0 unspecified atom stereocenters. The van der Waals surface area contributed by atoms with E-state index in [1.165, 1.54) is 11.8 Å². The normalized spacial score (nSPS) is 15.3. The number of furan rings is 1. The van der Waals surface area contributed by atoms with Gasteiger partial charge in [0.25, 0.3) is 0 Å². The summed E-state index contributed by atoms with van der Waals surface area (Å²) >= 11 is 1.53. The molecule has 1 aliphatic heterocycles. The quantitative estimate of drug-likeness (QED) is 0.725. The van der Waals surface area contributed by atoms with Crippen LogP contribution in [0.1, 0.15) is 5.56 Å². The second-order valence-electron chi connectivity index (χ2n) is 4.40. The number of rotatable bonds is 2. The lowest BCUT2D eigenvalue weighted by molar-refractivity contribution is 0.571. The van der Waals surface area contributed by atoms with E-state index >= 15 is 0 Å². The average Bonchev–Trinajstić information content (AvgIpc) is 3.16. The lowest BCUT2D eigenvalue weighted by Gasteiger charge is -2.08. The van der Waals surface area contributed by atoms with Crippen LogP contribution in [0, 0.1) is 0 Å². The predicted molar refractivity (Wildman–Crippen MR) is 81.9 cm³/mol. The van der Waals surface area contributed by atoms with E-state index < -0.39 is 0 Å². The number of allylic oxidation sites excluding steroid dienone is 1. The maximum atomic E-state index is 5.35. The minimum Gasteiger partial charge on any atom is -0.461 e. The summed E-state index contributed by atoms with van der Waals surface area (Å²) < 4.78 is 7.03. The molecule has 0 aliphatic carbocycles. The Morgan fingerprint density at radius 3 is 2.76 bits per heavy atom. The van der Waals surface area contributed by atoms with Crippen molar-refractivity contribution in [3.05, 3.63) is 59.2 Å². The van der Waals surface area contributed by atoms with E-state index in [-0.39, 0.29) is 0 Å². The first-order valence-electron chi connectivity index (χ1n) is 6.38. The lowest BCUT2D eigenvalue weighted by atomic mass is 10.2. The van der Waals surface area contributed by atoms with Gasteiger partial charge in [0.05, 0.1) is 12.5 Å². The Labute approximate surface area is 125 Å². The molecule has 3 heterocycles. The Hall–Kier alpha value is -2.60. The molecule has 6 heteroatoms. The fourth-order valence-electron chi connectivity index (χ4n) is 2.02. The SMILES string of the molecule is C1=Nn2c(nnc2-c2ccco2)SC1=Cc1ccccc1. The van der Waals surface area contributed by atoms with Gasteiger partial charge >= 0.3 is 0 Å².